The molecule has 3 rings (SSSR count). The molecule has 0 amide bonds. The summed E-state index contributed by atoms with van der Waals surface area (Å²) in [5, 5.41) is 11.0. The van der Waals surface area contributed by atoms with E-state index in [1.54, 1.807) is 17.5 Å². The molecule has 0 bridgehead atoms. The summed E-state index contributed by atoms with van der Waals surface area (Å²) in [5.41, 5.74) is 0. The van der Waals surface area contributed by atoms with E-state index in [0.29, 0.717) is 5.39 Å². The van der Waals surface area contributed by atoms with E-state index in [-0.39, 0.29) is 23.0 Å². The van der Waals surface area contributed by atoms with E-state index < -0.39 is 16.0 Å². The molecule has 0 fully saturated rings. The first-order valence-electron chi connectivity index (χ1n) is 6.25. The Hall–Kier alpha value is -2.16. The molecule has 0 saturated carbocycles. The van der Waals surface area contributed by atoms with Crippen LogP contribution in [0.5, 0.6) is 0 Å². The highest BCUT2D eigenvalue weighted by atomic mass is 32.2. The summed E-state index contributed by atoms with van der Waals surface area (Å²) in [4.78, 5) is 10.9. The molecule has 1 aromatic carbocycles. The normalized spacial score (nSPS) is 11.8. The van der Waals surface area contributed by atoms with E-state index in [2.05, 4.69) is 4.72 Å². The lowest BCUT2D eigenvalue weighted by molar-refractivity contribution is 0.0660. The molecule has 0 aliphatic carbocycles. The van der Waals surface area contributed by atoms with Gasteiger partial charge in [-0.3, -0.25) is 0 Å². The zero-order chi connectivity index (χ0) is 15.7. The second kappa shape index (κ2) is 5.56. The van der Waals surface area contributed by atoms with Crippen molar-refractivity contribution in [3.8, 4) is 0 Å². The van der Waals surface area contributed by atoms with Crippen molar-refractivity contribution in [2.24, 2.45) is 0 Å². The highest BCUT2D eigenvalue weighted by Crippen LogP contribution is 2.29. The maximum absolute atomic E-state index is 12.4. The van der Waals surface area contributed by atoms with Crippen LogP contribution in [-0.2, 0) is 16.6 Å². The monoisotopic (exact) mass is 337 g/mol. The number of furan rings is 1. The third kappa shape index (κ3) is 2.76. The number of carboxylic acids is 1. The summed E-state index contributed by atoms with van der Waals surface area (Å²) in [5.74, 6) is -1.19. The van der Waals surface area contributed by atoms with Gasteiger partial charge in [-0.2, -0.15) is 0 Å². The van der Waals surface area contributed by atoms with Crippen molar-refractivity contribution >= 4 is 37.4 Å². The topological polar surface area (TPSA) is 96.6 Å². The van der Waals surface area contributed by atoms with Gasteiger partial charge in [0.1, 0.15) is 10.7 Å². The van der Waals surface area contributed by atoms with Gasteiger partial charge in [-0.15, -0.1) is 11.3 Å². The van der Waals surface area contributed by atoms with Gasteiger partial charge in [0.25, 0.3) is 0 Å². The van der Waals surface area contributed by atoms with Crippen LogP contribution in [0.15, 0.2) is 51.1 Å². The first-order valence-corrected chi connectivity index (χ1v) is 8.61. The molecule has 0 aliphatic rings. The molecule has 8 heteroatoms. The summed E-state index contributed by atoms with van der Waals surface area (Å²) in [6, 6.07) is 9.93. The molecule has 0 aliphatic heterocycles. The smallest absolute Gasteiger partial charge is 0.371 e. The number of nitrogens with one attached hydrogen (secondary N) is 1. The number of carboxylic acid groups (broad SMARTS) is 1. The lowest BCUT2D eigenvalue weighted by Gasteiger charge is -2.04. The number of hydrogen-bond acceptors (Lipinski definition) is 5. The summed E-state index contributed by atoms with van der Waals surface area (Å²) >= 11 is 1.35. The molecule has 2 N–H and O–H groups in total. The predicted molar refractivity (Wildman–Crippen MR) is 81.5 cm³/mol. The molecule has 0 radical (unpaired) electrons. The third-order valence-electron chi connectivity index (χ3n) is 3.04. The first-order chi connectivity index (χ1) is 10.5. The fourth-order valence-electron chi connectivity index (χ4n) is 1.99. The number of carbonyl (C=O) groups is 1. The average molecular weight is 337 g/mol. The second-order valence-electron chi connectivity index (χ2n) is 4.49. The van der Waals surface area contributed by atoms with Crippen molar-refractivity contribution in [1.29, 1.82) is 0 Å². The summed E-state index contributed by atoms with van der Waals surface area (Å²) < 4.78 is 33.0. The second-order valence-corrected chi connectivity index (χ2v) is 7.14. The highest BCUT2D eigenvalue weighted by molar-refractivity contribution is 7.89. The molecular weight excluding hydrogens is 326 g/mol. The van der Waals surface area contributed by atoms with Crippen molar-refractivity contribution in [1.82, 2.24) is 4.72 Å². The van der Waals surface area contributed by atoms with E-state index in [0.717, 1.165) is 4.70 Å². The number of rotatable bonds is 5. The van der Waals surface area contributed by atoms with Gasteiger partial charge in [0.2, 0.25) is 15.8 Å². The zero-order valence-corrected chi connectivity index (χ0v) is 12.8. The maximum atomic E-state index is 12.4. The summed E-state index contributed by atoms with van der Waals surface area (Å²) in [6.45, 7) is -0.111. The molecule has 2 aromatic heterocycles. The number of fused-ring (bicyclic) bond motifs is 1. The van der Waals surface area contributed by atoms with Gasteiger partial charge >= 0.3 is 5.97 Å². The van der Waals surface area contributed by atoms with Crippen LogP contribution in [0.4, 0.5) is 0 Å². The lowest BCUT2D eigenvalue weighted by Crippen LogP contribution is -2.22. The number of aromatic carboxylic acids is 1. The molecule has 2 heterocycles. The largest absolute Gasteiger partial charge is 0.475 e. The Kier molecular flexibility index (Phi) is 3.73. The zero-order valence-electron chi connectivity index (χ0n) is 11.1. The van der Waals surface area contributed by atoms with Gasteiger partial charge < -0.3 is 9.52 Å². The van der Waals surface area contributed by atoms with Crippen LogP contribution in [0.1, 0.15) is 16.3 Å². The SMILES string of the molecule is O=C(O)c1ccc(CNS(=O)(=O)c2csc3ccccc23)o1. The Labute approximate surface area is 130 Å². The minimum Gasteiger partial charge on any atom is -0.475 e. The molecule has 3 aromatic rings. The van der Waals surface area contributed by atoms with Gasteiger partial charge in [-0.25, -0.2) is 17.9 Å². The van der Waals surface area contributed by atoms with E-state index in [9.17, 15) is 13.2 Å². The van der Waals surface area contributed by atoms with Crippen molar-refractivity contribution in [3.63, 3.8) is 0 Å². The van der Waals surface area contributed by atoms with Gasteiger partial charge in [0.05, 0.1) is 6.54 Å². The molecule has 6 nitrogen and oxygen atoms in total. The molecule has 0 spiro atoms. The van der Waals surface area contributed by atoms with Crippen molar-refractivity contribution in [3.05, 3.63) is 53.3 Å². The Morgan fingerprint density at radius 2 is 2.00 bits per heavy atom. The fraction of sp³-hybridized carbons (Fsp3) is 0.0714. The van der Waals surface area contributed by atoms with Crippen LogP contribution in [0, 0.1) is 0 Å². The lowest BCUT2D eigenvalue weighted by atomic mass is 10.3. The van der Waals surface area contributed by atoms with Crippen molar-refractivity contribution in [2.75, 3.05) is 0 Å². The van der Waals surface area contributed by atoms with Gasteiger partial charge in [-0.1, -0.05) is 18.2 Å². The van der Waals surface area contributed by atoms with Gasteiger partial charge in [0.15, 0.2) is 0 Å². The molecule has 22 heavy (non-hydrogen) atoms. The number of benzene rings is 1. The number of thiophene rings is 1. The minimum atomic E-state index is -3.70. The fourth-order valence-corrected chi connectivity index (χ4v) is 4.49. The quantitative estimate of drug-likeness (QED) is 0.746. The minimum absolute atomic E-state index is 0.111. The molecule has 114 valence electrons. The standard InChI is InChI=1S/C14H11NO5S2/c16-14(17)11-6-5-9(20-11)7-15-22(18,19)13-8-21-12-4-2-1-3-10(12)13/h1-6,8,15H,7H2,(H,16,17). The Bertz CT molecular complexity index is 939. The van der Waals surface area contributed by atoms with Crippen molar-refractivity contribution in [2.45, 2.75) is 11.4 Å². The van der Waals surface area contributed by atoms with Crippen LogP contribution in [-0.4, -0.2) is 19.5 Å². The van der Waals surface area contributed by atoms with E-state index in [1.165, 1.54) is 23.5 Å². The molecular formula is C14H11NO5S2. The first kappa shape index (κ1) is 14.8. The maximum Gasteiger partial charge on any atom is 0.371 e. The van der Waals surface area contributed by atoms with E-state index in [1.807, 2.05) is 12.1 Å². The third-order valence-corrected chi connectivity index (χ3v) is 5.60. The highest BCUT2D eigenvalue weighted by Gasteiger charge is 2.19. The summed E-state index contributed by atoms with van der Waals surface area (Å²) in [6.07, 6.45) is 0. The van der Waals surface area contributed by atoms with Crippen LogP contribution in [0.2, 0.25) is 0 Å². The van der Waals surface area contributed by atoms with Gasteiger partial charge in [-0.05, 0) is 18.2 Å². The Balaban J connectivity index is 1.82. The van der Waals surface area contributed by atoms with Crippen LogP contribution in [0.25, 0.3) is 10.1 Å². The molecule has 0 unspecified atom stereocenters. The molecule has 0 saturated heterocycles. The average Bonchev–Trinajstić information content (AvgIpc) is 3.12. The van der Waals surface area contributed by atoms with Crippen LogP contribution >= 0.6 is 11.3 Å². The van der Waals surface area contributed by atoms with Crippen LogP contribution < -0.4 is 4.72 Å². The number of hydrogen-bond donors (Lipinski definition) is 2. The van der Waals surface area contributed by atoms with E-state index in [4.69, 9.17) is 9.52 Å². The molecule has 0 atom stereocenters. The van der Waals surface area contributed by atoms with E-state index >= 15 is 0 Å². The summed E-state index contributed by atoms with van der Waals surface area (Å²) in [7, 11) is -3.70. The number of sulfonamides is 1. The van der Waals surface area contributed by atoms with Crippen LogP contribution in [0.3, 0.4) is 0 Å². The Morgan fingerprint density at radius 1 is 1.23 bits per heavy atom. The predicted octanol–water partition coefficient (Wildman–Crippen LogP) is 2.67. The Morgan fingerprint density at radius 3 is 2.73 bits per heavy atom. The van der Waals surface area contributed by atoms with Crippen molar-refractivity contribution < 1.29 is 22.7 Å². The van der Waals surface area contributed by atoms with Gasteiger partial charge in [0, 0.05) is 15.5 Å².